The van der Waals surface area contributed by atoms with Gasteiger partial charge in [-0.05, 0) is 0 Å². The van der Waals surface area contributed by atoms with Crippen molar-refractivity contribution in [1.29, 1.82) is 0 Å². The third-order valence-corrected chi connectivity index (χ3v) is 1.97. The van der Waals surface area contributed by atoms with Crippen LogP contribution in [0.1, 0.15) is 12.8 Å². The van der Waals surface area contributed by atoms with Crippen LogP contribution in [0.2, 0.25) is 0 Å². The molecule has 0 saturated heterocycles. The highest BCUT2D eigenvalue weighted by molar-refractivity contribution is 5.09. The molecule has 0 radical (unpaired) electrons. The van der Waals surface area contributed by atoms with Crippen LogP contribution in [0.3, 0.4) is 0 Å². The van der Waals surface area contributed by atoms with Gasteiger partial charge in [0.25, 0.3) is 5.92 Å². The van der Waals surface area contributed by atoms with Gasteiger partial charge in [0.2, 0.25) is 6.17 Å². The molecule has 13 heavy (non-hydrogen) atoms. The molecule has 1 aliphatic carbocycles. The number of hydrogen-bond acceptors (Lipinski definition) is 1. The Morgan fingerprint density at radius 2 is 1.54 bits per heavy atom. The van der Waals surface area contributed by atoms with E-state index in [2.05, 4.69) is 0 Å². The molecule has 0 heterocycles. The van der Waals surface area contributed by atoms with Gasteiger partial charge in [0.1, 0.15) is 0 Å². The number of rotatable bonds is 1. The summed E-state index contributed by atoms with van der Waals surface area (Å²) >= 11 is 0. The maximum Gasteiger partial charge on any atom is 0.421 e. The first-order valence-corrected chi connectivity index (χ1v) is 3.44. The molecule has 1 fully saturated rings. The Labute approximate surface area is 69.9 Å². The van der Waals surface area contributed by atoms with Gasteiger partial charge in [-0.1, -0.05) is 0 Å². The van der Waals surface area contributed by atoms with E-state index in [-0.39, 0.29) is 0 Å². The lowest BCUT2D eigenvalue weighted by atomic mass is 9.71. The minimum Gasteiger partial charge on any atom is -0.322 e. The van der Waals surface area contributed by atoms with Crippen molar-refractivity contribution in [3.05, 3.63) is 0 Å². The lowest BCUT2D eigenvalue weighted by Crippen LogP contribution is -2.66. The second-order valence-electron chi connectivity index (χ2n) is 3.35. The topological polar surface area (TPSA) is 26.0 Å². The molecular weight excluding hydrogens is 200 g/mol. The van der Waals surface area contributed by atoms with E-state index in [0.717, 1.165) is 0 Å². The van der Waals surface area contributed by atoms with E-state index in [1.165, 1.54) is 0 Å². The lowest BCUT2D eigenvalue weighted by molar-refractivity contribution is -0.237. The molecule has 7 heteroatoms. The number of halogens is 6. The molecule has 1 aliphatic rings. The van der Waals surface area contributed by atoms with E-state index in [1.54, 1.807) is 0 Å². The molecule has 0 bridgehead atoms. The fourth-order valence-corrected chi connectivity index (χ4v) is 1.42. The highest BCUT2D eigenvalue weighted by Gasteiger charge is 2.65. The molecule has 78 valence electrons. The zero-order chi connectivity index (χ0) is 10.5. The van der Waals surface area contributed by atoms with Gasteiger partial charge in [0.05, 0.1) is 5.54 Å². The van der Waals surface area contributed by atoms with Crippen molar-refractivity contribution in [3.8, 4) is 0 Å². The van der Waals surface area contributed by atoms with Crippen molar-refractivity contribution in [2.24, 2.45) is 5.73 Å². The zero-order valence-corrected chi connectivity index (χ0v) is 6.34. The molecule has 0 aromatic rings. The smallest absolute Gasteiger partial charge is 0.322 e. The fourth-order valence-electron chi connectivity index (χ4n) is 1.42. The van der Waals surface area contributed by atoms with Crippen molar-refractivity contribution in [2.45, 2.75) is 36.7 Å². The minimum atomic E-state index is -5.16. The summed E-state index contributed by atoms with van der Waals surface area (Å²) < 4.78 is 72.0. The molecule has 1 rings (SSSR count). The summed E-state index contributed by atoms with van der Waals surface area (Å²) in [6.45, 7) is 0. The van der Waals surface area contributed by atoms with Gasteiger partial charge >= 0.3 is 6.18 Å². The molecule has 1 saturated carbocycles. The van der Waals surface area contributed by atoms with Crippen molar-refractivity contribution < 1.29 is 26.3 Å². The first-order valence-electron chi connectivity index (χ1n) is 3.44. The normalized spacial score (nSPS) is 27.9. The van der Waals surface area contributed by atoms with Gasteiger partial charge in [0.15, 0.2) is 0 Å². The van der Waals surface area contributed by atoms with Crippen molar-refractivity contribution in [3.63, 3.8) is 0 Å². The minimum absolute atomic E-state index is 1.25. The van der Waals surface area contributed by atoms with Crippen LogP contribution in [-0.2, 0) is 0 Å². The zero-order valence-electron chi connectivity index (χ0n) is 6.34. The van der Waals surface area contributed by atoms with Gasteiger partial charge in [-0.2, -0.15) is 13.2 Å². The molecule has 0 spiro atoms. The van der Waals surface area contributed by atoms with Crippen molar-refractivity contribution in [1.82, 2.24) is 0 Å². The molecule has 0 aromatic carbocycles. The molecule has 0 amide bonds. The molecule has 2 N–H and O–H groups in total. The summed E-state index contributed by atoms with van der Waals surface area (Å²) in [5, 5.41) is 0. The monoisotopic (exact) mass is 207 g/mol. The van der Waals surface area contributed by atoms with Crippen LogP contribution < -0.4 is 5.73 Å². The first-order chi connectivity index (χ1) is 5.57. The number of hydrogen-bond donors (Lipinski definition) is 1. The second kappa shape index (κ2) is 2.52. The van der Waals surface area contributed by atoms with Crippen LogP contribution in [0.15, 0.2) is 0 Å². The quantitative estimate of drug-likeness (QED) is 0.654. The third-order valence-electron chi connectivity index (χ3n) is 1.97. The Balaban J connectivity index is 2.65. The van der Waals surface area contributed by atoms with Crippen LogP contribution in [-0.4, -0.2) is 23.8 Å². The van der Waals surface area contributed by atoms with E-state index in [0.29, 0.717) is 0 Å². The van der Waals surface area contributed by atoms with Crippen LogP contribution in [0.4, 0.5) is 26.3 Å². The van der Waals surface area contributed by atoms with E-state index in [9.17, 15) is 26.3 Å². The lowest BCUT2D eigenvalue weighted by Gasteiger charge is -2.46. The van der Waals surface area contributed by atoms with Gasteiger partial charge < -0.3 is 5.73 Å². The number of nitrogens with two attached hydrogens (primary N) is 1. The summed E-state index contributed by atoms with van der Waals surface area (Å²) in [6, 6.07) is 0. The predicted molar refractivity (Wildman–Crippen MR) is 32.1 cm³/mol. The summed E-state index contributed by atoms with van der Waals surface area (Å²) in [6.07, 6.45) is -11.0. The Bertz CT molecular complexity index is 202. The molecule has 0 aromatic heterocycles. The average molecular weight is 207 g/mol. The predicted octanol–water partition coefficient (Wildman–Crippen LogP) is 2.01. The van der Waals surface area contributed by atoms with Crippen molar-refractivity contribution >= 4 is 0 Å². The molecule has 1 atom stereocenters. The van der Waals surface area contributed by atoms with Gasteiger partial charge in [0, 0.05) is 12.8 Å². The van der Waals surface area contributed by atoms with Crippen molar-refractivity contribution in [2.75, 3.05) is 0 Å². The first kappa shape index (κ1) is 10.6. The van der Waals surface area contributed by atoms with Crippen LogP contribution >= 0.6 is 0 Å². The maximum atomic E-state index is 12.5. The average Bonchev–Trinajstić information content (AvgIpc) is 1.79. The standard InChI is InChI=1S/C6H7F6N/c7-3(6(10,11)12)4(13)1-5(8,9)2-4/h3H,1-2,13H2. The Hall–Kier alpha value is -0.460. The summed E-state index contributed by atoms with van der Waals surface area (Å²) in [5.41, 5.74) is 2.39. The van der Waals surface area contributed by atoms with E-state index in [4.69, 9.17) is 5.73 Å². The van der Waals surface area contributed by atoms with Crippen LogP contribution in [0, 0.1) is 0 Å². The largest absolute Gasteiger partial charge is 0.421 e. The SMILES string of the molecule is NC1(C(F)C(F)(F)F)CC(F)(F)C1. The van der Waals surface area contributed by atoms with Gasteiger partial charge in [-0.15, -0.1) is 0 Å². The highest BCUT2D eigenvalue weighted by Crippen LogP contribution is 2.49. The second-order valence-corrected chi connectivity index (χ2v) is 3.35. The van der Waals surface area contributed by atoms with E-state index >= 15 is 0 Å². The Morgan fingerprint density at radius 1 is 1.15 bits per heavy atom. The number of alkyl halides is 6. The summed E-state index contributed by atoms with van der Waals surface area (Å²) in [7, 11) is 0. The van der Waals surface area contributed by atoms with Crippen LogP contribution in [0.25, 0.3) is 0 Å². The van der Waals surface area contributed by atoms with Crippen LogP contribution in [0.5, 0.6) is 0 Å². The van der Waals surface area contributed by atoms with E-state index in [1.807, 2.05) is 0 Å². The fraction of sp³-hybridized carbons (Fsp3) is 1.00. The molecular formula is C6H7F6N. The summed E-state index contributed by atoms with van der Waals surface area (Å²) in [4.78, 5) is 0. The molecule has 0 aliphatic heterocycles. The van der Waals surface area contributed by atoms with E-state index < -0.39 is 36.7 Å². The molecule has 1 unspecified atom stereocenters. The maximum absolute atomic E-state index is 12.5. The Kier molecular flexibility index (Phi) is 2.06. The highest BCUT2D eigenvalue weighted by atomic mass is 19.4. The van der Waals surface area contributed by atoms with Gasteiger partial charge in [-0.3, -0.25) is 0 Å². The third kappa shape index (κ3) is 1.90. The molecule has 1 nitrogen and oxygen atoms in total. The summed E-state index contributed by atoms with van der Waals surface area (Å²) in [5.74, 6) is -3.26. The van der Waals surface area contributed by atoms with Gasteiger partial charge in [-0.25, -0.2) is 13.2 Å². The Morgan fingerprint density at radius 3 is 1.77 bits per heavy atom.